The van der Waals surface area contributed by atoms with Gasteiger partial charge in [0.1, 0.15) is 6.10 Å². The fourth-order valence-electron chi connectivity index (χ4n) is 2.73. The Morgan fingerprint density at radius 2 is 2.17 bits per heavy atom. The summed E-state index contributed by atoms with van der Waals surface area (Å²) in [6.45, 7) is 1.05. The summed E-state index contributed by atoms with van der Waals surface area (Å²) >= 11 is 0. The maximum Gasteiger partial charge on any atom is 0.249 e. The molecule has 3 N–H and O–H groups in total. The largest absolute Gasteiger partial charge is 0.364 e. The zero-order valence-electron chi connectivity index (χ0n) is 13.0. The molecule has 0 spiro atoms. The van der Waals surface area contributed by atoms with Crippen LogP contribution < -0.4 is 11.1 Å². The first-order valence-corrected chi connectivity index (χ1v) is 7.98. The van der Waals surface area contributed by atoms with E-state index in [1.54, 1.807) is 0 Å². The van der Waals surface area contributed by atoms with E-state index >= 15 is 0 Å². The third-order valence-corrected chi connectivity index (χ3v) is 4.03. The van der Waals surface area contributed by atoms with E-state index in [1.807, 2.05) is 47.4 Å². The third kappa shape index (κ3) is 3.97. The molecule has 1 aliphatic rings. The Bertz CT molecular complexity index is 641. The molecular formula is C17H22N4O2. The van der Waals surface area contributed by atoms with Crippen molar-refractivity contribution in [3.8, 4) is 5.69 Å². The Morgan fingerprint density at radius 3 is 2.91 bits per heavy atom. The maximum absolute atomic E-state index is 12.0. The predicted molar refractivity (Wildman–Crippen MR) is 87.2 cm³/mol. The molecule has 1 aliphatic heterocycles. The Morgan fingerprint density at radius 1 is 1.35 bits per heavy atom. The Labute approximate surface area is 135 Å². The number of nitrogens with one attached hydrogen (secondary N) is 1. The van der Waals surface area contributed by atoms with Gasteiger partial charge in [0.25, 0.3) is 0 Å². The number of benzene rings is 1. The van der Waals surface area contributed by atoms with E-state index in [9.17, 15) is 4.79 Å². The summed E-state index contributed by atoms with van der Waals surface area (Å²) in [5.74, 6) is -0.0450. The predicted octanol–water partition coefficient (Wildman–Crippen LogP) is 1.04. The molecule has 23 heavy (non-hydrogen) atoms. The summed E-state index contributed by atoms with van der Waals surface area (Å²) in [5.41, 5.74) is 7.66. The molecule has 2 aromatic rings. The third-order valence-electron chi connectivity index (χ3n) is 4.03. The van der Waals surface area contributed by atoms with Crippen LogP contribution in [-0.4, -0.2) is 41.0 Å². The average molecular weight is 314 g/mol. The van der Waals surface area contributed by atoms with E-state index in [-0.39, 0.29) is 18.1 Å². The van der Waals surface area contributed by atoms with Gasteiger partial charge in [0, 0.05) is 19.3 Å². The van der Waals surface area contributed by atoms with Crippen LogP contribution in [0.5, 0.6) is 0 Å². The molecule has 0 aliphatic carbocycles. The fraction of sp³-hybridized carbons (Fsp3) is 0.412. The van der Waals surface area contributed by atoms with Crippen molar-refractivity contribution in [1.82, 2.24) is 15.1 Å². The van der Waals surface area contributed by atoms with Crippen LogP contribution in [0.2, 0.25) is 0 Å². The summed E-state index contributed by atoms with van der Waals surface area (Å²) < 4.78 is 7.42. The molecule has 3 rings (SSSR count). The van der Waals surface area contributed by atoms with E-state index in [2.05, 4.69) is 10.4 Å². The summed E-state index contributed by atoms with van der Waals surface area (Å²) in [6, 6.07) is 9.94. The van der Waals surface area contributed by atoms with Gasteiger partial charge >= 0.3 is 0 Å². The van der Waals surface area contributed by atoms with Gasteiger partial charge in [0.05, 0.1) is 18.0 Å². The SMILES string of the molecule is NC[C@H]1CC[C@@H](C(=O)NCCc2cnn(-c3ccccc3)c2)O1. The highest BCUT2D eigenvalue weighted by molar-refractivity contribution is 5.81. The number of nitrogens with two attached hydrogens (primary N) is 1. The second-order valence-corrected chi connectivity index (χ2v) is 5.73. The van der Waals surface area contributed by atoms with E-state index in [4.69, 9.17) is 10.5 Å². The standard InChI is InChI=1S/C17H22N4O2/c18-10-15-6-7-16(23-15)17(22)19-9-8-13-11-20-21(12-13)14-4-2-1-3-5-14/h1-5,11-12,15-16H,6-10,18H2,(H,19,22)/t15-,16+/m1/s1. The molecule has 1 fully saturated rings. The van der Waals surface area contributed by atoms with Gasteiger partial charge in [0.2, 0.25) is 5.91 Å². The van der Waals surface area contributed by atoms with Crippen LogP contribution in [0.1, 0.15) is 18.4 Å². The highest BCUT2D eigenvalue weighted by atomic mass is 16.5. The van der Waals surface area contributed by atoms with E-state index in [0.29, 0.717) is 13.1 Å². The monoisotopic (exact) mass is 314 g/mol. The molecule has 2 heterocycles. The van der Waals surface area contributed by atoms with Crippen molar-refractivity contribution in [2.45, 2.75) is 31.5 Å². The zero-order chi connectivity index (χ0) is 16.1. The zero-order valence-corrected chi connectivity index (χ0v) is 13.0. The number of ether oxygens (including phenoxy) is 1. The molecule has 0 unspecified atom stereocenters. The molecular weight excluding hydrogens is 292 g/mol. The van der Waals surface area contributed by atoms with E-state index in [0.717, 1.165) is 30.5 Å². The van der Waals surface area contributed by atoms with Crippen LogP contribution in [0, 0.1) is 0 Å². The molecule has 0 saturated carbocycles. The summed E-state index contributed by atoms with van der Waals surface area (Å²) in [6.07, 6.45) is 5.84. The molecule has 1 aromatic heterocycles. The van der Waals surface area contributed by atoms with Crippen LogP contribution in [0.25, 0.3) is 5.69 Å². The molecule has 1 saturated heterocycles. The van der Waals surface area contributed by atoms with Gasteiger partial charge in [-0.3, -0.25) is 4.79 Å². The minimum atomic E-state index is -0.351. The van der Waals surface area contributed by atoms with Crippen LogP contribution in [-0.2, 0) is 16.0 Å². The number of nitrogens with zero attached hydrogens (tertiary/aromatic N) is 2. The molecule has 1 aromatic carbocycles. The lowest BCUT2D eigenvalue weighted by Crippen LogP contribution is -2.36. The number of para-hydroxylation sites is 1. The van der Waals surface area contributed by atoms with Crippen LogP contribution in [0.3, 0.4) is 0 Å². The highest BCUT2D eigenvalue weighted by Gasteiger charge is 2.29. The number of hydrogen-bond donors (Lipinski definition) is 2. The quantitative estimate of drug-likeness (QED) is 0.834. The van der Waals surface area contributed by atoms with Crippen LogP contribution in [0.15, 0.2) is 42.7 Å². The summed E-state index contributed by atoms with van der Waals surface area (Å²) in [5, 5.41) is 7.27. The fourth-order valence-corrected chi connectivity index (χ4v) is 2.73. The van der Waals surface area contributed by atoms with Crippen molar-refractivity contribution in [2.75, 3.05) is 13.1 Å². The molecule has 2 atom stereocenters. The first-order chi connectivity index (χ1) is 11.3. The second-order valence-electron chi connectivity index (χ2n) is 5.73. The number of hydrogen-bond acceptors (Lipinski definition) is 4. The molecule has 0 radical (unpaired) electrons. The Hall–Kier alpha value is -2.18. The molecule has 6 nitrogen and oxygen atoms in total. The Balaban J connectivity index is 1.46. The second kappa shape index (κ2) is 7.39. The van der Waals surface area contributed by atoms with Gasteiger partial charge in [-0.1, -0.05) is 18.2 Å². The number of amides is 1. The van der Waals surface area contributed by atoms with E-state index < -0.39 is 0 Å². The lowest BCUT2D eigenvalue weighted by molar-refractivity contribution is -0.131. The van der Waals surface area contributed by atoms with Gasteiger partial charge in [-0.25, -0.2) is 4.68 Å². The van der Waals surface area contributed by atoms with Crippen molar-refractivity contribution >= 4 is 5.91 Å². The molecule has 1 amide bonds. The molecule has 0 bridgehead atoms. The highest BCUT2D eigenvalue weighted by Crippen LogP contribution is 2.18. The average Bonchev–Trinajstić information content (AvgIpc) is 3.25. The minimum Gasteiger partial charge on any atom is -0.364 e. The minimum absolute atomic E-state index is 0.0230. The molecule has 6 heteroatoms. The van der Waals surface area contributed by atoms with Crippen molar-refractivity contribution in [1.29, 1.82) is 0 Å². The topological polar surface area (TPSA) is 82.2 Å². The summed E-state index contributed by atoms with van der Waals surface area (Å²) in [4.78, 5) is 12.0. The number of carbonyl (C=O) groups is 1. The van der Waals surface area contributed by atoms with Crippen LogP contribution >= 0.6 is 0 Å². The van der Waals surface area contributed by atoms with E-state index in [1.165, 1.54) is 0 Å². The lowest BCUT2D eigenvalue weighted by atomic mass is 10.2. The molecule has 122 valence electrons. The number of carbonyl (C=O) groups excluding carboxylic acids is 1. The normalized spacial score (nSPS) is 20.6. The van der Waals surface area contributed by atoms with Crippen LogP contribution in [0.4, 0.5) is 0 Å². The number of aromatic nitrogens is 2. The number of rotatable bonds is 6. The Kier molecular flexibility index (Phi) is 5.05. The van der Waals surface area contributed by atoms with Gasteiger partial charge in [-0.05, 0) is 37.0 Å². The van der Waals surface area contributed by atoms with Gasteiger partial charge in [-0.15, -0.1) is 0 Å². The van der Waals surface area contributed by atoms with Gasteiger partial charge in [0.15, 0.2) is 0 Å². The smallest absolute Gasteiger partial charge is 0.249 e. The maximum atomic E-state index is 12.0. The van der Waals surface area contributed by atoms with Crippen molar-refractivity contribution in [3.05, 3.63) is 48.3 Å². The van der Waals surface area contributed by atoms with Crippen molar-refractivity contribution < 1.29 is 9.53 Å². The van der Waals surface area contributed by atoms with Gasteiger partial charge in [-0.2, -0.15) is 5.10 Å². The summed E-state index contributed by atoms with van der Waals surface area (Å²) in [7, 11) is 0. The first-order valence-electron chi connectivity index (χ1n) is 7.98. The van der Waals surface area contributed by atoms with Gasteiger partial charge < -0.3 is 15.8 Å². The van der Waals surface area contributed by atoms with Crippen molar-refractivity contribution in [3.63, 3.8) is 0 Å². The lowest BCUT2D eigenvalue weighted by Gasteiger charge is -2.12. The van der Waals surface area contributed by atoms with Crippen molar-refractivity contribution in [2.24, 2.45) is 5.73 Å². The first kappa shape index (κ1) is 15.7.